The molecule has 3 aromatic heterocycles. The summed E-state index contributed by atoms with van der Waals surface area (Å²) in [6, 6.07) is 9.89. The predicted molar refractivity (Wildman–Crippen MR) is 147 cm³/mol. The van der Waals surface area contributed by atoms with Gasteiger partial charge < -0.3 is 10.6 Å². The van der Waals surface area contributed by atoms with Crippen molar-refractivity contribution in [3.8, 4) is 12.1 Å². The predicted octanol–water partition coefficient (Wildman–Crippen LogP) is 5.58. The number of hydrogen-bond donors (Lipinski definition) is 2. The Morgan fingerprint density at radius 2 is 1.88 bits per heavy atom. The van der Waals surface area contributed by atoms with Crippen LogP contribution in [0.2, 0.25) is 0 Å². The van der Waals surface area contributed by atoms with E-state index < -0.39 is 24.0 Å². The van der Waals surface area contributed by atoms with Crippen molar-refractivity contribution in [3.05, 3.63) is 70.7 Å². The number of fused-ring (bicyclic) bond motifs is 1. The molecule has 0 unspecified atom stereocenters. The van der Waals surface area contributed by atoms with Crippen LogP contribution in [0.25, 0.3) is 10.9 Å². The lowest BCUT2D eigenvalue weighted by Crippen LogP contribution is -2.55. The Labute approximate surface area is 239 Å². The molecule has 1 aromatic carbocycles. The molecule has 9 nitrogen and oxygen atoms in total. The number of rotatable bonds is 9. The molecule has 0 radical (unpaired) electrons. The lowest BCUT2D eigenvalue weighted by atomic mass is 9.44. The molecule has 4 saturated carbocycles. The molecule has 2 N–H and O–H groups in total. The van der Waals surface area contributed by atoms with Gasteiger partial charge in [-0.15, -0.1) is 5.10 Å². The number of nitrogens with zero attached hydrogens (tertiary/aromatic N) is 7. The number of hydrogen-bond acceptors (Lipinski definition) is 8. The monoisotopic (exact) mass is 569 g/mol. The van der Waals surface area contributed by atoms with Crippen molar-refractivity contribution >= 4 is 22.3 Å². The summed E-state index contributed by atoms with van der Waals surface area (Å²) in [5, 5.41) is 35.6. The Morgan fingerprint density at radius 3 is 2.50 bits per heavy atom. The minimum atomic E-state index is -2.59. The van der Waals surface area contributed by atoms with Crippen LogP contribution in [0.4, 0.5) is 24.5 Å². The van der Waals surface area contributed by atoms with E-state index in [1.807, 2.05) is 0 Å². The fourth-order valence-corrected chi connectivity index (χ4v) is 6.52. The minimum absolute atomic E-state index is 0.266. The topological polar surface area (TPSA) is 128 Å². The molecule has 42 heavy (non-hydrogen) atoms. The molecule has 4 aliphatic carbocycles. The Hall–Kier alpha value is -4.71. The van der Waals surface area contributed by atoms with E-state index in [1.165, 1.54) is 42.4 Å². The molecule has 12 heteroatoms. The summed E-state index contributed by atoms with van der Waals surface area (Å²) >= 11 is 0. The van der Waals surface area contributed by atoms with Crippen molar-refractivity contribution in [2.24, 2.45) is 11.3 Å². The number of pyridine rings is 2. The maximum Gasteiger partial charge on any atom is 0.263 e. The Bertz CT molecular complexity index is 1800. The van der Waals surface area contributed by atoms with Crippen LogP contribution in [-0.4, -0.2) is 37.9 Å². The highest BCUT2D eigenvalue weighted by molar-refractivity contribution is 5.99. The van der Waals surface area contributed by atoms with Crippen molar-refractivity contribution < 1.29 is 13.2 Å². The number of nitriles is 2. The van der Waals surface area contributed by atoms with Gasteiger partial charge in [-0.2, -0.15) is 14.9 Å². The van der Waals surface area contributed by atoms with Gasteiger partial charge in [-0.3, -0.25) is 4.98 Å². The second kappa shape index (κ2) is 9.41. The quantitative estimate of drug-likeness (QED) is 0.250. The molecule has 3 heterocycles. The first-order valence-electron chi connectivity index (χ1n) is 13.9. The van der Waals surface area contributed by atoms with Crippen LogP contribution in [0.3, 0.4) is 0 Å². The van der Waals surface area contributed by atoms with Crippen LogP contribution in [0, 0.1) is 46.9 Å². The van der Waals surface area contributed by atoms with Crippen LogP contribution in [-0.2, 0) is 5.54 Å². The fraction of sp³-hybridized carbons (Fsp3) is 0.400. The van der Waals surface area contributed by atoms with E-state index in [-0.39, 0.29) is 5.41 Å². The van der Waals surface area contributed by atoms with Crippen LogP contribution < -0.4 is 10.6 Å². The zero-order valence-corrected chi connectivity index (χ0v) is 22.7. The van der Waals surface area contributed by atoms with Gasteiger partial charge in [-0.05, 0) is 68.6 Å². The lowest BCUT2D eigenvalue weighted by Gasteiger charge is -2.62. The number of nitrogens with one attached hydrogen (secondary N) is 2. The maximum absolute atomic E-state index is 14.0. The Kier molecular flexibility index (Phi) is 5.87. The van der Waals surface area contributed by atoms with Crippen molar-refractivity contribution in [1.82, 2.24) is 25.0 Å². The van der Waals surface area contributed by atoms with Crippen molar-refractivity contribution in [2.45, 2.75) is 57.0 Å². The summed E-state index contributed by atoms with van der Waals surface area (Å²) in [6.45, 7) is 2.38. The van der Waals surface area contributed by atoms with Gasteiger partial charge in [0.2, 0.25) is 5.95 Å². The van der Waals surface area contributed by atoms with Crippen LogP contribution in [0.1, 0.15) is 66.2 Å². The number of anilines is 2. The van der Waals surface area contributed by atoms with E-state index in [0.29, 0.717) is 63.2 Å². The van der Waals surface area contributed by atoms with Gasteiger partial charge in [0.15, 0.2) is 0 Å². The van der Waals surface area contributed by atoms with Gasteiger partial charge in [-0.1, -0.05) is 11.3 Å². The second-order valence-electron chi connectivity index (χ2n) is 11.9. The zero-order chi connectivity index (χ0) is 29.2. The van der Waals surface area contributed by atoms with E-state index >= 15 is 0 Å². The molecule has 0 amide bonds. The molecule has 1 atom stereocenters. The molecule has 2 bridgehead atoms. The Balaban J connectivity index is 1.31. The normalized spacial score (nSPS) is 22.0. The summed E-state index contributed by atoms with van der Waals surface area (Å²) < 4.78 is 42.8. The van der Waals surface area contributed by atoms with Crippen molar-refractivity contribution in [1.29, 1.82) is 10.5 Å². The largest absolute Gasteiger partial charge is 0.383 e. The number of halogens is 3. The summed E-state index contributed by atoms with van der Waals surface area (Å²) in [6.07, 6.45) is 4.51. The van der Waals surface area contributed by atoms with E-state index in [9.17, 15) is 23.7 Å². The summed E-state index contributed by atoms with van der Waals surface area (Å²) in [4.78, 5) is 8.38. The lowest BCUT2D eigenvalue weighted by molar-refractivity contribution is -0.0929. The Morgan fingerprint density at radius 1 is 1.12 bits per heavy atom. The summed E-state index contributed by atoms with van der Waals surface area (Å²) in [5.41, 5.74) is 2.41. The molecule has 0 aliphatic heterocycles. The van der Waals surface area contributed by atoms with Crippen LogP contribution in [0.15, 0.2) is 36.7 Å². The zero-order valence-electron chi connectivity index (χ0n) is 22.7. The average Bonchev–Trinajstić information content (AvgIpc) is 3.60. The van der Waals surface area contributed by atoms with Gasteiger partial charge in [0, 0.05) is 35.1 Å². The smallest absolute Gasteiger partial charge is 0.263 e. The highest BCUT2D eigenvalue weighted by atomic mass is 19.3. The molecule has 0 saturated heterocycles. The number of aryl methyl sites for hydroxylation is 1. The standard InChI is InChI=1S/C30H26F3N9/c1-16-21(2-3-24(31)38-16)27(23-14-42(41-40-23)30(4-5-30)28(32)33)39-20-6-18(11-34)25-22(7-20)26(19(12-35)13-36-25)37-15-29-8-17(9-29)10-29/h2-3,6-7,13-14,17,27-28,39H,4-5,8-10,15H2,1H3,(H,36,37)/t17?,27-,29?/m0/s1. The highest BCUT2D eigenvalue weighted by Crippen LogP contribution is 2.64. The first-order valence-corrected chi connectivity index (χ1v) is 13.9. The van der Waals surface area contributed by atoms with Crippen LogP contribution in [0.5, 0.6) is 0 Å². The first kappa shape index (κ1) is 26.2. The van der Waals surface area contributed by atoms with Gasteiger partial charge in [0.1, 0.15) is 23.4 Å². The summed E-state index contributed by atoms with van der Waals surface area (Å²) in [5.74, 6) is 0.160. The summed E-state index contributed by atoms with van der Waals surface area (Å²) in [7, 11) is 0. The average molecular weight is 570 g/mol. The molecular weight excluding hydrogens is 543 g/mol. The van der Waals surface area contributed by atoms with E-state index in [2.05, 4.69) is 43.1 Å². The van der Waals surface area contributed by atoms with Crippen molar-refractivity contribution in [2.75, 3.05) is 17.2 Å². The fourth-order valence-electron chi connectivity index (χ4n) is 6.52. The first-order chi connectivity index (χ1) is 20.2. The second-order valence-corrected chi connectivity index (χ2v) is 11.9. The number of aromatic nitrogens is 5. The molecule has 0 spiro atoms. The SMILES string of the molecule is Cc1nc(F)ccc1[C@H](Nc1cc(C#N)c2ncc(C#N)c(NCC34CC(C3)C4)c2c1)c1cn(C2(C(F)F)CC2)nn1. The third kappa shape index (κ3) is 4.13. The highest BCUT2D eigenvalue weighted by Gasteiger charge is 2.56. The third-order valence-corrected chi connectivity index (χ3v) is 9.16. The maximum atomic E-state index is 14.0. The molecule has 4 aliphatic rings. The minimum Gasteiger partial charge on any atom is -0.383 e. The van der Waals surface area contributed by atoms with Gasteiger partial charge in [-0.25, -0.2) is 18.4 Å². The number of alkyl halides is 2. The molecule has 8 rings (SSSR count). The van der Waals surface area contributed by atoms with Crippen molar-refractivity contribution in [3.63, 3.8) is 0 Å². The van der Waals surface area contributed by atoms with Gasteiger partial charge in [0.25, 0.3) is 6.43 Å². The van der Waals surface area contributed by atoms with E-state index in [4.69, 9.17) is 0 Å². The van der Waals surface area contributed by atoms with Crippen LogP contribution >= 0.6 is 0 Å². The molecule has 212 valence electrons. The third-order valence-electron chi connectivity index (χ3n) is 9.16. The van der Waals surface area contributed by atoms with Gasteiger partial charge in [0.05, 0.1) is 34.6 Å². The molecular formula is C30H26F3N9. The van der Waals surface area contributed by atoms with E-state index in [1.54, 1.807) is 25.1 Å². The van der Waals surface area contributed by atoms with E-state index in [0.717, 1.165) is 12.5 Å². The molecule has 4 aromatic rings. The molecule has 4 fully saturated rings. The van der Waals surface area contributed by atoms with Gasteiger partial charge >= 0.3 is 0 Å². The number of benzene rings is 1.